The molecule has 6 rings (SSSR count). The van der Waals surface area contributed by atoms with Gasteiger partial charge in [0, 0.05) is 37.1 Å². The molecule has 2 saturated heterocycles. The van der Waals surface area contributed by atoms with E-state index in [9.17, 15) is 8.42 Å². The highest BCUT2D eigenvalue weighted by atomic mass is 79.9. The third kappa shape index (κ3) is 3.01. The maximum atomic E-state index is 15.4. The fourth-order valence-electron chi connectivity index (χ4n) is 5.04. The number of nitrogens with one attached hydrogen (secondary N) is 1. The molecule has 1 N–H and O–H groups in total. The van der Waals surface area contributed by atoms with E-state index in [0.717, 1.165) is 25.0 Å². The predicted molar refractivity (Wildman–Crippen MR) is 118 cm³/mol. The molecule has 10 heteroatoms. The molecule has 31 heavy (non-hydrogen) atoms. The molecule has 2 bridgehead atoms. The number of sulfone groups is 1. The zero-order chi connectivity index (χ0) is 22.1. The Morgan fingerprint density at radius 3 is 2.74 bits per heavy atom. The zero-order valence-electron chi connectivity index (χ0n) is 17.1. The first kappa shape index (κ1) is 20.8. The summed E-state index contributed by atoms with van der Waals surface area (Å²) in [6.07, 6.45) is 3.40. The van der Waals surface area contributed by atoms with Gasteiger partial charge in [0.05, 0.1) is 22.1 Å². The lowest BCUT2D eigenvalue weighted by Crippen LogP contribution is -2.39. The first-order valence-corrected chi connectivity index (χ1v) is 13.0. The average molecular weight is 506 g/mol. The second-order valence-electron chi connectivity index (χ2n) is 8.36. The predicted octanol–water partition coefficient (Wildman–Crippen LogP) is 3.44. The standard InChI is InChI=1S/C21H21BrFN5O2S/c1-3-14-26-18-20(28(14)19-11-8-13(19)25-9-11)12-7-10(5-4-6-24)15(22)16(23)17(12)27-21(18)31(2,29)30/h7,11,13,19,25H,3-5,8-9H2,1-2H3. The molecule has 3 aromatic rings. The first-order valence-electron chi connectivity index (χ1n) is 10.3. The van der Waals surface area contributed by atoms with Crippen molar-refractivity contribution >= 4 is 47.7 Å². The monoisotopic (exact) mass is 505 g/mol. The van der Waals surface area contributed by atoms with Crippen LogP contribution in [-0.4, -0.2) is 41.8 Å². The Hall–Kier alpha value is -2.09. The Balaban J connectivity index is 1.93. The van der Waals surface area contributed by atoms with Gasteiger partial charge in [-0.15, -0.1) is 0 Å². The summed E-state index contributed by atoms with van der Waals surface area (Å²) < 4.78 is 43.0. The quantitative estimate of drug-likeness (QED) is 0.569. The van der Waals surface area contributed by atoms with E-state index < -0.39 is 15.7 Å². The van der Waals surface area contributed by atoms with E-state index in [4.69, 9.17) is 10.2 Å². The number of imidazole rings is 1. The largest absolute Gasteiger partial charge is 0.322 e. The lowest BCUT2D eigenvalue weighted by molar-refractivity contribution is 0.221. The highest BCUT2D eigenvalue weighted by Gasteiger charge is 2.49. The number of fused-ring (bicyclic) bond motifs is 4. The fraction of sp³-hybridized carbons (Fsp3) is 0.476. The van der Waals surface area contributed by atoms with E-state index >= 15 is 4.39 Å². The lowest BCUT2D eigenvalue weighted by Gasteiger charge is -2.37. The van der Waals surface area contributed by atoms with Gasteiger partial charge in [0.15, 0.2) is 20.7 Å². The normalized spacial score (nSPS) is 22.7. The molecule has 0 spiro atoms. The summed E-state index contributed by atoms with van der Waals surface area (Å²) >= 11 is 3.28. The smallest absolute Gasteiger partial charge is 0.195 e. The zero-order valence-corrected chi connectivity index (χ0v) is 19.5. The summed E-state index contributed by atoms with van der Waals surface area (Å²) in [5, 5.41) is 12.8. The molecule has 3 fully saturated rings. The third-order valence-corrected chi connectivity index (χ3v) is 8.32. The van der Waals surface area contributed by atoms with Crippen molar-refractivity contribution in [2.45, 2.75) is 49.7 Å². The van der Waals surface area contributed by atoms with Crippen molar-refractivity contribution in [2.24, 2.45) is 5.92 Å². The number of benzene rings is 1. The van der Waals surface area contributed by atoms with Crippen molar-refractivity contribution in [1.29, 1.82) is 5.26 Å². The minimum Gasteiger partial charge on any atom is -0.322 e. The van der Waals surface area contributed by atoms with Gasteiger partial charge < -0.3 is 9.88 Å². The lowest BCUT2D eigenvalue weighted by atomic mass is 9.79. The van der Waals surface area contributed by atoms with Gasteiger partial charge in [0.1, 0.15) is 16.9 Å². The summed E-state index contributed by atoms with van der Waals surface area (Å²) in [6.45, 7) is 2.89. The summed E-state index contributed by atoms with van der Waals surface area (Å²) in [4.78, 5) is 8.95. The second-order valence-corrected chi connectivity index (χ2v) is 11.1. The van der Waals surface area contributed by atoms with Gasteiger partial charge in [0.25, 0.3) is 0 Å². The molecule has 3 aliphatic rings. The Labute approximate surface area is 187 Å². The van der Waals surface area contributed by atoms with Crippen molar-refractivity contribution in [1.82, 2.24) is 19.9 Å². The van der Waals surface area contributed by atoms with E-state index in [2.05, 4.69) is 36.9 Å². The minimum atomic E-state index is -3.74. The molecule has 3 atom stereocenters. The molecule has 0 radical (unpaired) electrons. The first-order chi connectivity index (χ1) is 14.8. The number of hydrogen-bond acceptors (Lipinski definition) is 6. The van der Waals surface area contributed by atoms with Crippen molar-refractivity contribution < 1.29 is 12.8 Å². The number of pyridine rings is 1. The highest BCUT2D eigenvalue weighted by Crippen LogP contribution is 2.47. The number of rotatable bonds is 5. The van der Waals surface area contributed by atoms with E-state index in [1.165, 1.54) is 0 Å². The van der Waals surface area contributed by atoms with Crippen molar-refractivity contribution in [3.8, 4) is 6.07 Å². The molecule has 4 heterocycles. The minimum absolute atomic E-state index is 0.00365. The van der Waals surface area contributed by atoms with E-state index in [0.29, 0.717) is 46.8 Å². The highest BCUT2D eigenvalue weighted by molar-refractivity contribution is 9.10. The van der Waals surface area contributed by atoms with Crippen LogP contribution < -0.4 is 5.32 Å². The summed E-state index contributed by atoms with van der Waals surface area (Å²) in [5.41, 5.74) is 1.58. The Morgan fingerprint density at radius 1 is 1.39 bits per heavy atom. The van der Waals surface area contributed by atoms with Crippen LogP contribution in [0, 0.1) is 23.1 Å². The van der Waals surface area contributed by atoms with Crippen LogP contribution in [-0.2, 0) is 22.7 Å². The van der Waals surface area contributed by atoms with Gasteiger partial charge in [-0.1, -0.05) is 6.92 Å². The van der Waals surface area contributed by atoms with Crippen LogP contribution in [0.2, 0.25) is 0 Å². The van der Waals surface area contributed by atoms with Gasteiger partial charge in [-0.2, -0.15) is 5.26 Å². The van der Waals surface area contributed by atoms with Crippen LogP contribution in [0.15, 0.2) is 15.6 Å². The van der Waals surface area contributed by atoms with Crippen LogP contribution in [0.25, 0.3) is 21.9 Å². The molecule has 1 saturated carbocycles. The molecule has 162 valence electrons. The summed E-state index contributed by atoms with van der Waals surface area (Å²) in [6, 6.07) is 4.38. The number of hydrogen-bond donors (Lipinski definition) is 1. The van der Waals surface area contributed by atoms with Gasteiger partial charge in [-0.25, -0.2) is 22.8 Å². The van der Waals surface area contributed by atoms with Gasteiger partial charge in [0.2, 0.25) is 0 Å². The van der Waals surface area contributed by atoms with Gasteiger partial charge >= 0.3 is 0 Å². The van der Waals surface area contributed by atoms with E-state index in [1.807, 2.05) is 13.0 Å². The number of aromatic nitrogens is 3. The van der Waals surface area contributed by atoms with Crippen LogP contribution in [0.4, 0.5) is 4.39 Å². The van der Waals surface area contributed by atoms with Crippen molar-refractivity contribution in [3.05, 3.63) is 27.7 Å². The van der Waals surface area contributed by atoms with E-state index in [-0.39, 0.29) is 27.5 Å². The fourth-order valence-corrected chi connectivity index (χ4v) is 6.29. The topological polar surface area (TPSA) is 101 Å². The summed E-state index contributed by atoms with van der Waals surface area (Å²) in [5.74, 6) is 0.605. The molecule has 1 aromatic carbocycles. The molecular formula is C21H21BrFN5O2S. The molecule has 2 aliphatic heterocycles. The molecular weight excluding hydrogens is 485 g/mol. The number of nitriles is 1. The number of halogens is 2. The van der Waals surface area contributed by atoms with Crippen LogP contribution in [0.3, 0.4) is 0 Å². The molecule has 0 amide bonds. The number of aryl methyl sites for hydroxylation is 2. The Kier molecular flexibility index (Phi) is 4.84. The van der Waals surface area contributed by atoms with Crippen molar-refractivity contribution in [2.75, 3.05) is 12.8 Å². The third-order valence-electron chi connectivity index (χ3n) is 6.48. The van der Waals surface area contributed by atoms with Gasteiger partial charge in [-0.05, 0) is 46.3 Å². The maximum absolute atomic E-state index is 15.4. The second kappa shape index (κ2) is 7.22. The van der Waals surface area contributed by atoms with Crippen molar-refractivity contribution in [3.63, 3.8) is 0 Å². The van der Waals surface area contributed by atoms with Gasteiger partial charge in [-0.3, -0.25) is 0 Å². The molecule has 7 nitrogen and oxygen atoms in total. The molecule has 1 aliphatic carbocycles. The van der Waals surface area contributed by atoms with Crippen LogP contribution in [0.5, 0.6) is 0 Å². The Morgan fingerprint density at radius 2 is 2.16 bits per heavy atom. The Bertz CT molecular complexity index is 1380. The summed E-state index contributed by atoms with van der Waals surface area (Å²) in [7, 11) is -3.74. The molecule has 3 unspecified atom stereocenters. The van der Waals surface area contributed by atoms with Crippen LogP contribution in [0.1, 0.15) is 37.2 Å². The van der Waals surface area contributed by atoms with E-state index in [1.54, 1.807) is 0 Å². The van der Waals surface area contributed by atoms with Crippen LogP contribution >= 0.6 is 15.9 Å². The number of nitrogens with zero attached hydrogens (tertiary/aromatic N) is 4. The molecule has 2 aromatic heterocycles. The SMILES string of the molecule is CCc1nc2c(S(C)(=O)=O)nc3c(F)c(Br)c(CCC#N)cc3c2n1C1C2CNC1C2. The maximum Gasteiger partial charge on any atom is 0.195 e. The average Bonchev–Trinajstić information content (AvgIpc) is 3.43.